The van der Waals surface area contributed by atoms with Gasteiger partial charge in [-0.05, 0) is 36.6 Å². The van der Waals surface area contributed by atoms with Crippen molar-refractivity contribution in [2.24, 2.45) is 5.92 Å². The Morgan fingerprint density at radius 3 is 2.35 bits per heavy atom. The monoisotopic (exact) mass is 453 g/mol. The summed E-state index contributed by atoms with van der Waals surface area (Å²) in [6.07, 6.45) is 0.425. The topological polar surface area (TPSA) is 79.5 Å². The second-order valence-corrected chi connectivity index (χ2v) is 7.79. The summed E-state index contributed by atoms with van der Waals surface area (Å²) in [7, 11) is 0. The number of fused-ring (bicyclic) bond motifs is 1. The van der Waals surface area contributed by atoms with Crippen LogP contribution in [0.4, 0.5) is 13.2 Å². The van der Waals surface area contributed by atoms with E-state index in [0.29, 0.717) is 6.42 Å². The number of aromatic nitrogens is 1. The first-order valence-corrected chi connectivity index (χ1v) is 9.83. The van der Waals surface area contributed by atoms with Crippen molar-refractivity contribution in [2.45, 2.75) is 33.1 Å². The molecule has 9 heteroatoms. The van der Waals surface area contributed by atoms with Crippen LogP contribution in [0, 0.1) is 30.3 Å². The fourth-order valence-electron chi connectivity index (χ4n) is 3.80. The molecule has 164 valence electrons. The quantitative estimate of drug-likeness (QED) is 0.524. The van der Waals surface area contributed by atoms with E-state index >= 15 is 4.39 Å². The number of phenolic OH excluding ortho intramolecular Hbond substituents is 1. The van der Waals surface area contributed by atoms with E-state index in [1.807, 2.05) is 0 Å². The number of hydrogen-bond acceptors (Lipinski definition) is 3. The molecule has 3 aromatic rings. The Bertz CT molecular complexity index is 1220. The van der Waals surface area contributed by atoms with Crippen LogP contribution in [-0.4, -0.2) is 26.7 Å². The van der Waals surface area contributed by atoms with E-state index in [0.717, 1.165) is 22.8 Å². The van der Waals surface area contributed by atoms with Crippen LogP contribution in [0.1, 0.15) is 47.8 Å². The lowest BCUT2D eigenvalue weighted by Gasteiger charge is -2.20. The predicted octanol–water partition coefficient (Wildman–Crippen LogP) is 5.63. The third-order valence-electron chi connectivity index (χ3n) is 5.57. The second kappa shape index (κ2) is 8.26. The number of aromatic hydroxyl groups is 1. The third kappa shape index (κ3) is 3.65. The van der Waals surface area contributed by atoms with Crippen LogP contribution >= 0.6 is 11.6 Å². The summed E-state index contributed by atoms with van der Waals surface area (Å²) in [6.45, 7) is 4.80. The van der Waals surface area contributed by atoms with Gasteiger partial charge in [0.2, 0.25) is 0 Å². The van der Waals surface area contributed by atoms with Crippen LogP contribution in [0.15, 0.2) is 24.3 Å². The lowest BCUT2D eigenvalue weighted by molar-refractivity contribution is -0.140. The van der Waals surface area contributed by atoms with E-state index in [1.54, 1.807) is 13.8 Å². The first-order chi connectivity index (χ1) is 14.5. The van der Waals surface area contributed by atoms with Crippen LogP contribution in [0.25, 0.3) is 10.9 Å². The molecular formula is C22H19ClF3NO4. The molecule has 0 aliphatic rings. The molecule has 1 aromatic heterocycles. The number of carbonyl (C=O) groups is 2. The Morgan fingerprint density at radius 1 is 1.16 bits per heavy atom. The number of phenols is 1. The van der Waals surface area contributed by atoms with Gasteiger partial charge in [-0.25, -0.2) is 13.2 Å². The minimum Gasteiger partial charge on any atom is -0.503 e. The molecule has 1 heterocycles. The van der Waals surface area contributed by atoms with Crippen LogP contribution < -0.4 is 0 Å². The highest BCUT2D eigenvalue weighted by Gasteiger charge is 2.35. The first-order valence-electron chi connectivity index (χ1n) is 9.45. The number of hydrogen-bond donors (Lipinski definition) is 2. The van der Waals surface area contributed by atoms with Crippen molar-refractivity contribution in [1.29, 1.82) is 0 Å². The van der Waals surface area contributed by atoms with Gasteiger partial charge in [0.25, 0.3) is 5.91 Å². The number of nitrogens with zero attached hydrogens (tertiary/aromatic N) is 1. The number of carbonyl (C=O) groups excluding carboxylic acids is 1. The van der Waals surface area contributed by atoms with Crippen molar-refractivity contribution in [1.82, 2.24) is 4.57 Å². The summed E-state index contributed by atoms with van der Waals surface area (Å²) in [4.78, 5) is 25.3. The van der Waals surface area contributed by atoms with Crippen LogP contribution in [0.2, 0.25) is 5.02 Å². The zero-order chi connectivity index (χ0) is 23.2. The Balaban J connectivity index is 2.42. The maximum absolute atomic E-state index is 15.0. The molecular weight excluding hydrogens is 435 g/mol. The fourth-order valence-corrected chi connectivity index (χ4v) is 3.92. The molecule has 0 saturated carbocycles. The van der Waals surface area contributed by atoms with E-state index < -0.39 is 46.9 Å². The van der Waals surface area contributed by atoms with Crippen molar-refractivity contribution in [3.05, 3.63) is 63.6 Å². The van der Waals surface area contributed by atoms with Gasteiger partial charge in [0, 0.05) is 22.7 Å². The first kappa shape index (κ1) is 22.7. The Labute approximate surface area is 180 Å². The van der Waals surface area contributed by atoms with Gasteiger partial charge in [0.05, 0.1) is 16.5 Å². The molecule has 2 atom stereocenters. The number of carboxylic acids is 1. The number of halogens is 4. The van der Waals surface area contributed by atoms with Gasteiger partial charge in [-0.3, -0.25) is 14.2 Å². The number of aliphatic carboxylic acids is 1. The van der Waals surface area contributed by atoms with Gasteiger partial charge in [-0.2, -0.15) is 0 Å². The Kier molecular flexibility index (Phi) is 6.04. The van der Waals surface area contributed by atoms with Crippen molar-refractivity contribution in [2.75, 3.05) is 0 Å². The van der Waals surface area contributed by atoms with E-state index in [-0.39, 0.29) is 32.7 Å². The average Bonchev–Trinajstić information content (AvgIpc) is 2.99. The average molecular weight is 454 g/mol. The molecule has 0 bridgehead atoms. The number of carboxylic acid groups (broad SMARTS) is 1. The number of benzene rings is 2. The zero-order valence-electron chi connectivity index (χ0n) is 16.8. The van der Waals surface area contributed by atoms with Gasteiger partial charge >= 0.3 is 5.97 Å². The summed E-state index contributed by atoms with van der Waals surface area (Å²) in [5.41, 5.74) is -0.424. The Morgan fingerprint density at radius 2 is 1.81 bits per heavy atom. The highest BCUT2D eigenvalue weighted by atomic mass is 35.5. The van der Waals surface area contributed by atoms with Crippen molar-refractivity contribution in [3.8, 4) is 5.75 Å². The normalized spacial score (nSPS) is 13.4. The smallest absolute Gasteiger partial charge is 0.311 e. The summed E-state index contributed by atoms with van der Waals surface area (Å²) in [6, 6.07) is 4.05. The SMILES string of the molecule is CC[C@H](C)C(C(=O)O)c1c(C)n(C(=O)c2ccc(Cl)c(F)c2)c2cc(F)c(O)c(F)c12. The van der Waals surface area contributed by atoms with E-state index in [1.165, 1.54) is 13.0 Å². The van der Waals surface area contributed by atoms with Gasteiger partial charge in [-0.15, -0.1) is 0 Å². The summed E-state index contributed by atoms with van der Waals surface area (Å²) >= 11 is 5.66. The van der Waals surface area contributed by atoms with E-state index in [4.69, 9.17) is 11.6 Å². The molecule has 0 aliphatic carbocycles. The summed E-state index contributed by atoms with van der Waals surface area (Å²) in [5, 5.41) is 19.1. The minimum absolute atomic E-state index is 0.0481. The fraction of sp³-hybridized carbons (Fsp3) is 0.273. The van der Waals surface area contributed by atoms with Crippen LogP contribution in [0.5, 0.6) is 5.75 Å². The van der Waals surface area contributed by atoms with Gasteiger partial charge in [0.1, 0.15) is 5.82 Å². The molecule has 3 rings (SSSR count). The maximum atomic E-state index is 15.0. The molecule has 1 unspecified atom stereocenters. The molecule has 0 saturated heterocycles. The molecule has 31 heavy (non-hydrogen) atoms. The molecule has 2 aromatic carbocycles. The standard InChI is InChI=1S/C22H19ClF3NO4/c1-4-9(2)16(22(30)31)17-10(3)27(15-8-14(25)20(28)19(26)18(15)17)21(29)11-5-6-12(23)13(24)7-11/h5-9,16,28H,4H2,1-3H3,(H,30,31)/t9-,16?/m0/s1. The second-order valence-electron chi connectivity index (χ2n) is 7.39. The minimum atomic E-state index is -1.36. The van der Waals surface area contributed by atoms with Gasteiger partial charge in [0.15, 0.2) is 17.4 Å². The summed E-state index contributed by atoms with van der Waals surface area (Å²) in [5.74, 6) is -8.61. The highest BCUT2D eigenvalue weighted by Crippen LogP contribution is 2.41. The molecule has 0 aliphatic heterocycles. The van der Waals surface area contributed by atoms with Crippen LogP contribution in [-0.2, 0) is 4.79 Å². The van der Waals surface area contributed by atoms with E-state index in [9.17, 15) is 28.6 Å². The van der Waals surface area contributed by atoms with Crippen molar-refractivity contribution in [3.63, 3.8) is 0 Å². The lowest BCUT2D eigenvalue weighted by atomic mass is 9.84. The third-order valence-corrected chi connectivity index (χ3v) is 5.87. The molecule has 0 spiro atoms. The van der Waals surface area contributed by atoms with Crippen molar-refractivity contribution < 1.29 is 33.0 Å². The van der Waals surface area contributed by atoms with Gasteiger partial charge < -0.3 is 10.2 Å². The molecule has 5 nitrogen and oxygen atoms in total. The summed E-state index contributed by atoms with van der Waals surface area (Å²) < 4.78 is 44.0. The molecule has 2 N–H and O–H groups in total. The molecule has 0 fully saturated rings. The van der Waals surface area contributed by atoms with E-state index in [2.05, 4.69) is 0 Å². The van der Waals surface area contributed by atoms with Crippen molar-refractivity contribution >= 4 is 34.4 Å². The number of rotatable bonds is 5. The highest BCUT2D eigenvalue weighted by molar-refractivity contribution is 6.30. The predicted molar refractivity (Wildman–Crippen MR) is 109 cm³/mol. The maximum Gasteiger partial charge on any atom is 0.311 e. The lowest BCUT2D eigenvalue weighted by Crippen LogP contribution is -2.21. The van der Waals surface area contributed by atoms with Gasteiger partial charge in [-0.1, -0.05) is 31.9 Å². The molecule has 0 radical (unpaired) electrons. The molecule has 0 amide bonds. The largest absolute Gasteiger partial charge is 0.503 e. The Hall–Kier alpha value is -3.00. The van der Waals surface area contributed by atoms with Crippen LogP contribution in [0.3, 0.4) is 0 Å². The zero-order valence-corrected chi connectivity index (χ0v) is 17.6.